The number of amides is 1. The fraction of sp³-hybridized carbons (Fsp3) is 0.429. The second-order valence-corrected chi connectivity index (χ2v) is 7.80. The van der Waals surface area contributed by atoms with Crippen LogP contribution in [-0.2, 0) is 9.84 Å². The Kier molecular flexibility index (Phi) is 4.22. The number of H-pyrrole nitrogens is 2. The first-order valence-corrected chi connectivity index (χ1v) is 9.33. The largest absolute Gasteiger partial charge is 0.337 e. The minimum atomic E-state index is -3.38. The predicted molar refractivity (Wildman–Crippen MR) is 84.4 cm³/mol. The first-order chi connectivity index (χ1) is 11.4. The summed E-state index contributed by atoms with van der Waals surface area (Å²) in [5.74, 6) is -0.436. The fourth-order valence-corrected chi connectivity index (χ4v) is 3.75. The average molecular weight is 351 g/mol. The SMILES string of the molecule is CS(=O)(=O)c1cn[nH]c1[C@H]1CCCN(C(=O)c2ccc(=O)[nH]n2)C1. The van der Waals surface area contributed by atoms with Crippen LogP contribution < -0.4 is 5.56 Å². The highest BCUT2D eigenvalue weighted by molar-refractivity contribution is 7.90. The summed E-state index contributed by atoms with van der Waals surface area (Å²) in [7, 11) is -3.38. The van der Waals surface area contributed by atoms with Gasteiger partial charge in [0.05, 0.1) is 11.9 Å². The van der Waals surface area contributed by atoms with E-state index in [-0.39, 0.29) is 28.0 Å². The number of aromatic nitrogens is 4. The van der Waals surface area contributed by atoms with E-state index in [2.05, 4.69) is 20.4 Å². The summed E-state index contributed by atoms with van der Waals surface area (Å²) in [6.45, 7) is 0.919. The molecule has 1 amide bonds. The molecule has 0 unspecified atom stereocenters. The lowest BCUT2D eigenvalue weighted by Crippen LogP contribution is -2.40. The summed E-state index contributed by atoms with van der Waals surface area (Å²) < 4.78 is 23.7. The van der Waals surface area contributed by atoms with Crippen molar-refractivity contribution in [3.8, 4) is 0 Å². The van der Waals surface area contributed by atoms with Crippen molar-refractivity contribution in [2.45, 2.75) is 23.7 Å². The second kappa shape index (κ2) is 6.19. The van der Waals surface area contributed by atoms with Gasteiger partial charge in [-0.25, -0.2) is 13.5 Å². The van der Waals surface area contributed by atoms with Gasteiger partial charge in [0, 0.05) is 31.3 Å². The minimum Gasteiger partial charge on any atom is -0.337 e. The van der Waals surface area contributed by atoms with Crippen LogP contribution in [0.3, 0.4) is 0 Å². The summed E-state index contributed by atoms with van der Waals surface area (Å²) in [6.07, 6.45) is 3.93. The van der Waals surface area contributed by atoms with E-state index < -0.39 is 9.84 Å². The highest BCUT2D eigenvalue weighted by Gasteiger charge is 2.30. The fourth-order valence-electron chi connectivity index (χ4n) is 2.90. The lowest BCUT2D eigenvalue weighted by molar-refractivity contribution is 0.0698. The molecule has 2 aromatic rings. The van der Waals surface area contributed by atoms with E-state index in [9.17, 15) is 18.0 Å². The van der Waals surface area contributed by atoms with Crippen LogP contribution in [0.1, 0.15) is 34.9 Å². The van der Waals surface area contributed by atoms with Gasteiger partial charge in [-0.1, -0.05) is 0 Å². The number of carbonyl (C=O) groups excluding carboxylic acids is 1. The molecule has 2 aromatic heterocycles. The first kappa shape index (κ1) is 16.4. The van der Waals surface area contributed by atoms with Gasteiger partial charge < -0.3 is 4.90 Å². The van der Waals surface area contributed by atoms with E-state index in [1.165, 1.54) is 18.3 Å². The molecule has 0 bridgehead atoms. The number of sulfone groups is 1. The van der Waals surface area contributed by atoms with Crippen molar-refractivity contribution >= 4 is 15.7 Å². The molecule has 0 radical (unpaired) electrons. The highest BCUT2D eigenvalue weighted by atomic mass is 32.2. The van der Waals surface area contributed by atoms with E-state index in [1.807, 2.05) is 0 Å². The Hall–Kier alpha value is -2.49. The predicted octanol–water partition coefficient (Wildman–Crippen LogP) is -0.0837. The number of hydrogen-bond acceptors (Lipinski definition) is 6. The number of nitrogens with one attached hydrogen (secondary N) is 2. The molecule has 24 heavy (non-hydrogen) atoms. The Bertz CT molecular complexity index is 897. The Balaban J connectivity index is 1.82. The molecule has 1 atom stereocenters. The van der Waals surface area contributed by atoms with Crippen molar-refractivity contribution in [2.24, 2.45) is 0 Å². The lowest BCUT2D eigenvalue weighted by atomic mass is 9.94. The van der Waals surface area contributed by atoms with Gasteiger partial charge in [-0.05, 0) is 18.9 Å². The van der Waals surface area contributed by atoms with Crippen molar-refractivity contribution < 1.29 is 13.2 Å². The quantitative estimate of drug-likeness (QED) is 0.795. The Morgan fingerprint density at radius 3 is 2.79 bits per heavy atom. The number of carbonyl (C=O) groups is 1. The molecule has 1 fully saturated rings. The van der Waals surface area contributed by atoms with Crippen LogP contribution >= 0.6 is 0 Å². The normalized spacial score (nSPS) is 18.5. The molecule has 3 rings (SSSR count). The van der Waals surface area contributed by atoms with Crippen LogP contribution in [0.25, 0.3) is 0 Å². The number of hydrogen-bond donors (Lipinski definition) is 2. The average Bonchev–Trinajstić information content (AvgIpc) is 3.05. The molecule has 128 valence electrons. The van der Waals surface area contributed by atoms with Gasteiger partial charge in [0.2, 0.25) is 0 Å². The zero-order valence-corrected chi connectivity index (χ0v) is 13.8. The summed E-state index contributed by atoms with van der Waals surface area (Å²) in [5, 5.41) is 12.6. The summed E-state index contributed by atoms with van der Waals surface area (Å²) in [5.41, 5.74) is 0.311. The van der Waals surface area contributed by atoms with E-state index in [0.717, 1.165) is 19.1 Å². The van der Waals surface area contributed by atoms with Gasteiger partial charge in [-0.15, -0.1) is 0 Å². The Morgan fingerprint density at radius 1 is 1.33 bits per heavy atom. The molecule has 0 aliphatic carbocycles. The number of likely N-dealkylation sites (tertiary alicyclic amines) is 1. The van der Waals surface area contributed by atoms with Gasteiger partial charge in [-0.2, -0.15) is 10.2 Å². The van der Waals surface area contributed by atoms with Crippen molar-refractivity contribution in [1.82, 2.24) is 25.3 Å². The molecule has 9 nitrogen and oxygen atoms in total. The highest BCUT2D eigenvalue weighted by Crippen LogP contribution is 2.30. The molecule has 2 N–H and O–H groups in total. The molecule has 0 spiro atoms. The number of aromatic amines is 2. The lowest BCUT2D eigenvalue weighted by Gasteiger charge is -2.32. The molecular weight excluding hydrogens is 334 g/mol. The molecule has 10 heteroatoms. The number of nitrogens with zero attached hydrogens (tertiary/aromatic N) is 3. The van der Waals surface area contributed by atoms with E-state index in [4.69, 9.17) is 0 Å². The van der Waals surface area contributed by atoms with Crippen LogP contribution in [0.4, 0.5) is 0 Å². The van der Waals surface area contributed by atoms with Crippen molar-refractivity contribution in [1.29, 1.82) is 0 Å². The van der Waals surface area contributed by atoms with E-state index in [1.54, 1.807) is 4.90 Å². The van der Waals surface area contributed by atoms with Crippen LogP contribution in [0.15, 0.2) is 28.0 Å². The standard InChI is InChI=1S/C14H17N5O4S/c1-24(22,23)11-7-15-18-13(11)9-3-2-6-19(8-9)14(21)10-4-5-12(20)17-16-10/h4-5,7,9H,2-3,6,8H2,1H3,(H,15,18)(H,17,20)/t9-/m0/s1. The van der Waals surface area contributed by atoms with Gasteiger partial charge in [0.25, 0.3) is 11.5 Å². The monoisotopic (exact) mass is 351 g/mol. The molecule has 3 heterocycles. The summed E-state index contributed by atoms with van der Waals surface area (Å²) >= 11 is 0. The Morgan fingerprint density at radius 2 is 2.12 bits per heavy atom. The zero-order chi connectivity index (χ0) is 17.3. The maximum Gasteiger partial charge on any atom is 0.274 e. The number of rotatable bonds is 3. The summed E-state index contributed by atoms with van der Waals surface area (Å²) in [4.78, 5) is 25.3. The minimum absolute atomic E-state index is 0.141. The van der Waals surface area contributed by atoms with E-state index in [0.29, 0.717) is 18.8 Å². The molecule has 0 saturated carbocycles. The van der Waals surface area contributed by atoms with Gasteiger partial charge in [-0.3, -0.25) is 14.7 Å². The maximum atomic E-state index is 12.5. The van der Waals surface area contributed by atoms with Gasteiger partial charge in [0.1, 0.15) is 10.6 Å². The third kappa shape index (κ3) is 3.23. The van der Waals surface area contributed by atoms with Crippen LogP contribution in [-0.4, -0.2) is 59.0 Å². The van der Waals surface area contributed by atoms with Crippen LogP contribution in [0, 0.1) is 0 Å². The van der Waals surface area contributed by atoms with Crippen molar-refractivity contribution in [3.63, 3.8) is 0 Å². The van der Waals surface area contributed by atoms with Gasteiger partial charge in [0.15, 0.2) is 9.84 Å². The summed E-state index contributed by atoms with van der Waals surface area (Å²) in [6, 6.07) is 2.63. The molecule has 1 aliphatic rings. The zero-order valence-electron chi connectivity index (χ0n) is 13.0. The van der Waals surface area contributed by atoms with Crippen LogP contribution in [0.5, 0.6) is 0 Å². The van der Waals surface area contributed by atoms with E-state index >= 15 is 0 Å². The first-order valence-electron chi connectivity index (χ1n) is 7.44. The topological polar surface area (TPSA) is 129 Å². The molecule has 1 saturated heterocycles. The second-order valence-electron chi connectivity index (χ2n) is 5.82. The third-order valence-electron chi connectivity index (χ3n) is 4.05. The maximum absolute atomic E-state index is 12.5. The smallest absolute Gasteiger partial charge is 0.274 e. The number of piperidine rings is 1. The third-order valence-corrected chi connectivity index (χ3v) is 5.17. The molecule has 1 aliphatic heterocycles. The molecule has 0 aromatic carbocycles. The van der Waals surface area contributed by atoms with Crippen LogP contribution in [0.2, 0.25) is 0 Å². The van der Waals surface area contributed by atoms with Crippen molar-refractivity contribution in [2.75, 3.05) is 19.3 Å². The van der Waals surface area contributed by atoms with Gasteiger partial charge >= 0.3 is 0 Å². The van der Waals surface area contributed by atoms with Crippen molar-refractivity contribution in [3.05, 3.63) is 40.1 Å². The molecular formula is C14H17N5O4S. The Labute approximate surface area is 138 Å².